The average molecular weight is 388 g/mol. The predicted molar refractivity (Wildman–Crippen MR) is 82.4 cm³/mol. The summed E-state index contributed by atoms with van der Waals surface area (Å²) in [7, 11) is 0. The monoisotopic (exact) mass is 390 g/mol. The van der Waals surface area contributed by atoms with Crippen LogP contribution in [0.2, 0.25) is 0 Å². The van der Waals surface area contributed by atoms with Crippen LogP contribution >= 0.6 is 23.5 Å². The van der Waals surface area contributed by atoms with E-state index in [0.29, 0.717) is 4.58 Å². The van der Waals surface area contributed by atoms with Gasteiger partial charge in [0.1, 0.15) is 0 Å². The summed E-state index contributed by atoms with van der Waals surface area (Å²) < 4.78 is 3.17. The van der Waals surface area contributed by atoms with Crippen molar-refractivity contribution in [3.05, 3.63) is 35.9 Å². The Hall–Kier alpha value is 0.439. The molecule has 0 amide bonds. The zero-order chi connectivity index (χ0) is 11.8. The van der Waals surface area contributed by atoms with Gasteiger partial charge in [0, 0.05) is 0 Å². The molecule has 1 heterocycles. The first-order valence-electron chi connectivity index (χ1n) is 5.40. The van der Waals surface area contributed by atoms with Crippen LogP contribution in [0.3, 0.4) is 0 Å². The second-order valence-corrected chi connectivity index (χ2v) is 8.42. The summed E-state index contributed by atoms with van der Waals surface area (Å²) in [5.41, 5.74) is 1.45. The van der Waals surface area contributed by atoms with E-state index < -0.39 is 0 Å². The number of benzene rings is 2. The molecule has 0 saturated carbocycles. The van der Waals surface area contributed by atoms with Crippen molar-refractivity contribution in [2.45, 2.75) is 4.58 Å². The molecule has 2 aromatic rings. The number of rotatable bonds is 1. The molecule has 17 heavy (non-hydrogen) atoms. The summed E-state index contributed by atoms with van der Waals surface area (Å²) in [5.74, 6) is 2.54. The molecule has 0 N–H and O–H groups in total. The standard InChI is InChI=1S/C13H10S2Se2/c16-10-3-1-2-8-4-5-9(12(17)11(8)10)13-14-6-7-15-13/h1-5,13H,6-7H2. The molecular formula is C13H10S2Se2. The Labute approximate surface area is 126 Å². The van der Waals surface area contributed by atoms with Crippen LogP contribution in [0.1, 0.15) is 10.1 Å². The molecule has 1 fully saturated rings. The molecule has 0 bridgehead atoms. The zero-order valence-corrected chi connectivity index (χ0v) is 14.1. The molecule has 0 aromatic heterocycles. The van der Waals surface area contributed by atoms with E-state index in [2.05, 4.69) is 85.9 Å². The molecule has 0 atom stereocenters. The van der Waals surface area contributed by atoms with Crippen molar-refractivity contribution in [1.82, 2.24) is 0 Å². The van der Waals surface area contributed by atoms with Gasteiger partial charge in [-0.05, 0) is 0 Å². The van der Waals surface area contributed by atoms with Gasteiger partial charge in [0.05, 0.1) is 0 Å². The van der Waals surface area contributed by atoms with E-state index in [1.54, 1.807) is 0 Å². The topological polar surface area (TPSA) is 0 Å². The number of hydrogen-bond donors (Lipinski definition) is 0. The molecule has 0 nitrogen and oxygen atoms in total. The van der Waals surface area contributed by atoms with E-state index in [9.17, 15) is 0 Å². The maximum atomic E-state index is 3.28. The molecule has 1 saturated heterocycles. The fourth-order valence-electron chi connectivity index (χ4n) is 2.05. The molecule has 86 valence electrons. The maximum absolute atomic E-state index is 3.28. The van der Waals surface area contributed by atoms with Crippen molar-refractivity contribution in [1.29, 1.82) is 0 Å². The Balaban J connectivity index is 2.21. The molecular weight excluding hydrogens is 378 g/mol. The summed E-state index contributed by atoms with van der Waals surface area (Å²) in [4.78, 5) is 0. The van der Waals surface area contributed by atoms with Crippen molar-refractivity contribution in [2.24, 2.45) is 0 Å². The Kier molecular flexibility index (Phi) is 3.82. The van der Waals surface area contributed by atoms with Gasteiger partial charge < -0.3 is 0 Å². The normalized spacial score (nSPS) is 16.7. The Morgan fingerprint density at radius 1 is 1.00 bits per heavy atom. The van der Waals surface area contributed by atoms with E-state index >= 15 is 0 Å². The molecule has 2 radical (unpaired) electrons. The first kappa shape index (κ1) is 12.5. The number of thioether (sulfide) groups is 2. The zero-order valence-electron chi connectivity index (χ0n) is 9.01. The van der Waals surface area contributed by atoms with Gasteiger partial charge in [-0.3, -0.25) is 0 Å². The molecule has 1 aliphatic rings. The number of fused-ring (bicyclic) bond motifs is 1. The van der Waals surface area contributed by atoms with E-state index in [0.717, 1.165) is 0 Å². The molecule has 4 heteroatoms. The molecule has 0 spiro atoms. The summed E-state index contributed by atoms with van der Waals surface area (Å²) in [6.45, 7) is 0. The van der Waals surface area contributed by atoms with Gasteiger partial charge in [0.15, 0.2) is 0 Å². The average Bonchev–Trinajstić information content (AvgIpc) is 2.83. The van der Waals surface area contributed by atoms with E-state index in [1.165, 1.54) is 36.8 Å². The summed E-state index contributed by atoms with van der Waals surface area (Å²) >= 11 is 10.6. The SMILES string of the molecule is [Se]c1cccc2ccc(C3SCCS3)c([Se])c12. The third-order valence-electron chi connectivity index (χ3n) is 2.87. The van der Waals surface area contributed by atoms with Gasteiger partial charge in [0.2, 0.25) is 0 Å². The molecule has 2 aromatic carbocycles. The van der Waals surface area contributed by atoms with Crippen LogP contribution in [0, 0.1) is 0 Å². The first-order chi connectivity index (χ1) is 8.27. The van der Waals surface area contributed by atoms with Crippen molar-refractivity contribution in [2.75, 3.05) is 11.5 Å². The van der Waals surface area contributed by atoms with Crippen LogP contribution in [-0.4, -0.2) is 43.5 Å². The predicted octanol–water partition coefficient (Wildman–Crippen LogP) is 1.91. The number of hydrogen-bond acceptors (Lipinski definition) is 2. The summed E-state index contributed by atoms with van der Waals surface area (Å²) in [6.07, 6.45) is 0. The molecule has 1 aliphatic heterocycles. The quantitative estimate of drug-likeness (QED) is 0.685. The minimum atomic E-state index is 0.607. The Morgan fingerprint density at radius 3 is 2.53 bits per heavy atom. The van der Waals surface area contributed by atoms with Gasteiger partial charge in [-0.25, -0.2) is 0 Å². The van der Waals surface area contributed by atoms with Gasteiger partial charge in [0.25, 0.3) is 0 Å². The Bertz CT molecular complexity index is 563. The second kappa shape index (κ2) is 5.20. The van der Waals surface area contributed by atoms with Gasteiger partial charge >= 0.3 is 127 Å². The summed E-state index contributed by atoms with van der Waals surface area (Å²) in [5, 5.41) is 2.66. The molecule has 0 aliphatic carbocycles. The van der Waals surface area contributed by atoms with E-state index in [-0.39, 0.29) is 0 Å². The molecule has 3 rings (SSSR count). The van der Waals surface area contributed by atoms with Gasteiger partial charge in [-0.2, -0.15) is 0 Å². The molecule has 0 unspecified atom stereocenters. The summed E-state index contributed by atoms with van der Waals surface area (Å²) in [6, 6.07) is 10.9. The van der Waals surface area contributed by atoms with Crippen LogP contribution < -0.4 is 8.92 Å². The van der Waals surface area contributed by atoms with Crippen molar-refractivity contribution < 1.29 is 0 Å². The third kappa shape index (κ3) is 2.32. The van der Waals surface area contributed by atoms with Gasteiger partial charge in [-0.15, -0.1) is 0 Å². The minimum absolute atomic E-state index is 0.607. The van der Waals surface area contributed by atoms with Crippen LogP contribution in [-0.2, 0) is 0 Å². The van der Waals surface area contributed by atoms with Crippen molar-refractivity contribution in [3.8, 4) is 0 Å². The van der Waals surface area contributed by atoms with Gasteiger partial charge in [-0.1, -0.05) is 0 Å². The van der Waals surface area contributed by atoms with Crippen molar-refractivity contribution >= 4 is 75.2 Å². The van der Waals surface area contributed by atoms with Crippen LogP contribution in [0.15, 0.2) is 30.3 Å². The van der Waals surface area contributed by atoms with Crippen molar-refractivity contribution in [3.63, 3.8) is 0 Å². The Morgan fingerprint density at radius 2 is 1.76 bits per heavy atom. The first-order valence-corrected chi connectivity index (χ1v) is 9.21. The van der Waals surface area contributed by atoms with E-state index in [1.807, 2.05) is 0 Å². The van der Waals surface area contributed by atoms with E-state index in [4.69, 9.17) is 0 Å². The third-order valence-corrected chi connectivity index (χ3v) is 7.57. The van der Waals surface area contributed by atoms with Crippen LogP contribution in [0.25, 0.3) is 10.8 Å². The second-order valence-electron chi connectivity index (χ2n) is 3.91. The fourth-order valence-corrected chi connectivity index (χ4v) is 7.12. The fraction of sp³-hybridized carbons (Fsp3) is 0.231. The van der Waals surface area contributed by atoms with Crippen LogP contribution in [0.5, 0.6) is 0 Å². The van der Waals surface area contributed by atoms with Crippen LogP contribution in [0.4, 0.5) is 0 Å².